The first-order valence-electron chi connectivity index (χ1n) is 8.24. The third kappa shape index (κ3) is 5.23. The number of nitrogens with zero attached hydrogens (tertiary/aromatic N) is 2. The van der Waals surface area contributed by atoms with E-state index in [1.165, 1.54) is 16.8 Å². The Morgan fingerprint density at radius 3 is 2.26 bits per heavy atom. The van der Waals surface area contributed by atoms with Crippen molar-refractivity contribution in [1.29, 1.82) is 0 Å². The van der Waals surface area contributed by atoms with Crippen LogP contribution in [-0.4, -0.2) is 34.4 Å². The molecule has 0 atom stereocenters. The fourth-order valence-corrected chi connectivity index (χ4v) is 2.40. The highest BCUT2D eigenvalue weighted by molar-refractivity contribution is 5.96. The molecule has 0 fully saturated rings. The van der Waals surface area contributed by atoms with Crippen LogP contribution >= 0.6 is 0 Å². The standard InChI is InChI=1S/C17H27N3O3/c1-5-8-15(21)18-14-11-13(12-19(4)17(14)23)16(22)20(9-6-2)10-7-3/h11-12H,5-10H2,1-4H3,(H,18,21). The van der Waals surface area contributed by atoms with Crippen molar-refractivity contribution < 1.29 is 9.59 Å². The molecule has 6 heteroatoms. The molecule has 0 saturated heterocycles. The van der Waals surface area contributed by atoms with Gasteiger partial charge in [-0.05, 0) is 25.3 Å². The van der Waals surface area contributed by atoms with E-state index in [0.29, 0.717) is 31.5 Å². The molecule has 0 aliphatic heterocycles. The summed E-state index contributed by atoms with van der Waals surface area (Å²) >= 11 is 0. The van der Waals surface area contributed by atoms with Crippen LogP contribution in [-0.2, 0) is 11.8 Å². The number of aromatic nitrogens is 1. The lowest BCUT2D eigenvalue weighted by Crippen LogP contribution is -2.34. The number of nitrogens with one attached hydrogen (secondary N) is 1. The third-order valence-corrected chi connectivity index (χ3v) is 3.46. The maximum absolute atomic E-state index is 12.6. The fraction of sp³-hybridized carbons (Fsp3) is 0.588. The van der Waals surface area contributed by atoms with Crippen LogP contribution in [0, 0.1) is 0 Å². The zero-order valence-corrected chi connectivity index (χ0v) is 14.5. The molecule has 128 valence electrons. The van der Waals surface area contributed by atoms with Gasteiger partial charge in [-0.15, -0.1) is 0 Å². The lowest BCUT2D eigenvalue weighted by molar-refractivity contribution is -0.116. The molecular weight excluding hydrogens is 294 g/mol. The summed E-state index contributed by atoms with van der Waals surface area (Å²) in [4.78, 5) is 38.3. The number of pyridine rings is 1. The maximum atomic E-state index is 12.6. The maximum Gasteiger partial charge on any atom is 0.274 e. The number of aryl methyl sites for hydroxylation is 1. The second kappa shape index (κ2) is 9.12. The minimum atomic E-state index is -0.316. The Balaban J connectivity index is 3.12. The van der Waals surface area contributed by atoms with E-state index in [9.17, 15) is 14.4 Å². The molecule has 0 radical (unpaired) electrons. The highest BCUT2D eigenvalue weighted by atomic mass is 16.2. The van der Waals surface area contributed by atoms with E-state index in [1.54, 1.807) is 11.9 Å². The second-order valence-electron chi connectivity index (χ2n) is 5.65. The summed E-state index contributed by atoms with van der Waals surface area (Å²) in [6.07, 6.45) is 4.32. The van der Waals surface area contributed by atoms with E-state index in [2.05, 4.69) is 5.32 Å². The van der Waals surface area contributed by atoms with Crippen molar-refractivity contribution in [3.63, 3.8) is 0 Å². The van der Waals surface area contributed by atoms with E-state index >= 15 is 0 Å². The number of amides is 2. The largest absolute Gasteiger partial charge is 0.339 e. The number of hydrogen-bond donors (Lipinski definition) is 1. The van der Waals surface area contributed by atoms with Gasteiger partial charge in [0.2, 0.25) is 5.91 Å². The van der Waals surface area contributed by atoms with Crippen molar-refractivity contribution in [3.05, 3.63) is 28.2 Å². The van der Waals surface area contributed by atoms with E-state index in [0.717, 1.165) is 12.8 Å². The van der Waals surface area contributed by atoms with Crippen LogP contribution in [0.3, 0.4) is 0 Å². The van der Waals surface area contributed by atoms with Gasteiger partial charge in [0.1, 0.15) is 5.69 Å². The van der Waals surface area contributed by atoms with Gasteiger partial charge >= 0.3 is 0 Å². The van der Waals surface area contributed by atoms with Gasteiger partial charge in [-0.2, -0.15) is 0 Å². The third-order valence-electron chi connectivity index (χ3n) is 3.46. The van der Waals surface area contributed by atoms with Crippen LogP contribution in [0.1, 0.15) is 56.8 Å². The molecule has 0 aliphatic carbocycles. The molecule has 2 amide bonds. The highest BCUT2D eigenvalue weighted by Gasteiger charge is 2.17. The summed E-state index contributed by atoms with van der Waals surface area (Å²) in [5.74, 6) is -0.330. The quantitative estimate of drug-likeness (QED) is 0.799. The fourth-order valence-electron chi connectivity index (χ4n) is 2.40. The molecule has 6 nitrogen and oxygen atoms in total. The zero-order chi connectivity index (χ0) is 17.4. The summed E-state index contributed by atoms with van der Waals surface area (Å²) in [6.45, 7) is 7.28. The number of anilines is 1. The number of carbonyl (C=O) groups is 2. The van der Waals surface area contributed by atoms with Crippen molar-refractivity contribution >= 4 is 17.5 Å². The Hall–Kier alpha value is -2.11. The Morgan fingerprint density at radius 1 is 1.13 bits per heavy atom. The van der Waals surface area contributed by atoms with E-state index in [-0.39, 0.29) is 23.1 Å². The van der Waals surface area contributed by atoms with Crippen LogP contribution in [0.5, 0.6) is 0 Å². The van der Waals surface area contributed by atoms with Crippen LogP contribution in [0.25, 0.3) is 0 Å². The van der Waals surface area contributed by atoms with E-state index in [1.807, 2.05) is 20.8 Å². The first kappa shape index (κ1) is 18.9. The highest BCUT2D eigenvalue weighted by Crippen LogP contribution is 2.10. The second-order valence-corrected chi connectivity index (χ2v) is 5.65. The molecule has 0 spiro atoms. The van der Waals surface area contributed by atoms with Gasteiger partial charge in [0.05, 0.1) is 5.56 Å². The van der Waals surface area contributed by atoms with E-state index < -0.39 is 0 Å². The first-order chi connectivity index (χ1) is 10.9. The van der Waals surface area contributed by atoms with Crippen LogP contribution in [0.2, 0.25) is 0 Å². The molecule has 23 heavy (non-hydrogen) atoms. The molecule has 0 bridgehead atoms. The Labute approximate surface area is 137 Å². The zero-order valence-electron chi connectivity index (χ0n) is 14.5. The summed E-state index contributed by atoms with van der Waals surface area (Å²) < 4.78 is 1.34. The average molecular weight is 321 g/mol. The van der Waals surface area contributed by atoms with Gasteiger partial charge in [-0.25, -0.2) is 0 Å². The van der Waals surface area contributed by atoms with Gasteiger partial charge < -0.3 is 14.8 Å². The van der Waals surface area contributed by atoms with Gasteiger partial charge in [0.25, 0.3) is 11.5 Å². The van der Waals surface area contributed by atoms with Gasteiger partial charge in [-0.3, -0.25) is 14.4 Å². The lowest BCUT2D eigenvalue weighted by atomic mass is 10.2. The van der Waals surface area contributed by atoms with Crippen molar-refractivity contribution in [3.8, 4) is 0 Å². The smallest absolute Gasteiger partial charge is 0.274 e. The Kier molecular flexibility index (Phi) is 7.51. The molecule has 1 heterocycles. The summed E-state index contributed by atoms with van der Waals surface area (Å²) in [7, 11) is 1.58. The van der Waals surface area contributed by atoms with Crippen molar-refractivity contribution in [2.45, 2.75) is 46.5 Å². The number of carbonyl (C=O) groups excluding carboxylic acids is 2. The predicted molar refractivity (Wildman–Crippen MR) is 91.7 cm³/mol. The van der Waals surface area contributed by atoms with Gasteiger partial charge in [0.15, 0.2) is 0 Å². The van der Waals surface area contributed by atoms with Gasteiger partial charge in [0, 0.05) is 32.8 Å². The minimum absolute atomic E-state index is 0.115. The predicted octanol–water partition coefficient (Wildman–Crippen LogP) is 2.39. The molecule has 1 N–H and O–H groups in total. The van der Waals surface area contributed by atoms with Crippen LogP contribution < -0.4 is 10.9 Å². The number of hydrogen-bond acceptors (Lipinski definition) is 3. The van der Waals surface area contributed by atoms with Crippen LogP contribution in [0.4, 0.5) is 5.69 Å². The molecule has 0 aliphatic rings. The van der Waals surface area contributed by atoms with Gasteiger partial charge in [-0.1, -0.05) is 20.8 Å². The topological polar surface area (TPSA) is 71.4 Å². The first-order valence-corrected chi connectivity index (χ1v) is 8.24. The lowest BCUT2D eigenvalue weighted by Gasteiger charge is -2.22. The normalized spacial score (nSPS) is 10.4. The SMILES string of the molecule is CCCC(=O)Nc1cc(C(=O)N(CCC)CCC)cn(C)c1=O. The molecule has 0 saturated carbocycles. The molecule has 0 aromatic carbocycles. The van der Waals surface area contributed by atoms with Crippen LogP contribution in [0.15, 0.2) is 17.1 Å². The molecular formula is C17H27N3O3. The average Bonchev–Trinajstić information content (AvgIpc) is 2.51. The monoisotopic (exact) mass is 321 g/mol. The molecule has 0 unspecified atom stereocenters. The molecule has 1 aromatic heterocycles. The molecule has 1 aromatic rings. The molecule has 1 rings (SSSR count). The van der Waals surface area contributed by atoms with Crippen molar-refractivity contribution in [2.24, 2.45) is 7.05 Å². The Morgan fingerprint density at radius 2 is 1.74 bits per heavy atom. The van der Waals surface area contributed by atoms with Crippen molar-refractivity contribution in [1.82, 2.24) is 9.47 Å². The number of rotatable bonds is 8. The summed E-state index contributed by atoms with van der Waals surface area (Å²) in [5, 5.41) is 2.61. The summed E-state index contributed by atoms with van der Waals surface area (Å²) in [6, 6.07) is 1.48. The van der Waals surface area contributed by atoms with E-state index in [4.69, 9.17) is 0 Å². The Bertz CT molecular complexity index is 602. The summed E-state index contributed by atoms with van der Waals surface area (Å²) in [5.41, 5.74) is 0.258. The van der Waals surface area contributed by atoms with Crippen molar-refractivity contribution in [2.75, 3.05) is 18.4 Å². The minimum Gasteiger partial charge on any atom is -0.339 e.